The standard InChI is InChI=1S/C19H24O2/c1-4-15-5-7-16(8-6-15)17-9-11-18(12-10-17)19(2,3)21-14-13-20/h5-12,20H,4,13-14H2,1-3H3. The highest BCUT2D eigenvalue weighted by Gasteiger charge is 2.20. The maximum absolute atomic E-state index is 8.89. The normalized spacial score (nSPS) is 11.6. The minimum Gasteiger partial charge on any atom is -0.394 e. The third kappa shape index (κ3) is 3.93. The summed E-state index contributed by atoms with van der Waals surface area (Å²) < 4.78 is 5.69. The Labute approximate surface area is 127 Å². The highest BCUT2D eigenvalue weighted by molar-refractivity contribution is 5.64. The van der Waals surface area contributed by atoms with Gasteiger partial charge in [-0.05, 0) is 42.5 Å². The Kier molecular flexibility index (Phi) is 5.16. The lowest BCUT2D eigenvalue weighted by Gasteiger charge is -2.25. The Hall–Kier alpha value is -1.64. The lowest BCUT2D eigenvalue weighted by atomic mass is 9.95. The zero-order valence-electron chi connectivity index (χ0n) is 13.1. The summed E-state index contributed by atoms with van der Waals surface area (Å²) in [6.45, 7) is 6.61. The van der Waals surface area contributed by atoms with E-state index < -0.39 is 0 Å². The van der Waals surface area contributed by atoms with Crippen LogP contribution in [-0.2, 0) is 16.8 Å². The summed E-state index contributed by atoms with van der Waals surface area (Å²) in [4.78, 5) is 0. The van der Waals surface area contributed by atoms with Crippen molar-refractivity contribution in [3.63, 3.8) is 0 Å². The summed E-state index contributed by atoms with van der Waals surface area (Å²) in [5, 5.41) is 8.89. The van der Waals surface area contributed by atoms with E-state index in [1.807, 2.05) is 13.8 Å². The van der Waals surface area contributed by atoms with Crippen LogP contribution in [0.1, 0.15) is 31.9 Å². The van der Waals surface area contributed by atoms with Crippen LogP contribution in [0.5, 0.6) is 0 Å². The molecular formula is C19H24O2. The second-order valence-electron chi connectivity index (χ2n) is 5.71. The van der Waals surface area contributed by atoms with Crippen molar-refractivity contribution in [3.05, 3.63) is 59.7 Å². The summed E-state index contributed by atoms with van der Waals surface area (Å²) in [7, 11) is 0. The number of hydrogen-bond donors (Lipinski definition) is 1. The molecule has 0 bridgehead atoms. The summed E-state index contributed by atoms with van der Waals surface area (Å²) in [5.41, 5.74) is 4.53. The second-order valence-corrected chi connectivity index (χ2v) is 5.71. The fourth-order valence-corrected chi connectivity index (χ4v) is 2.38. The first-order valence-corrected chi connectivity index (χ1v) is 7.51. The number of ether oxygens (including phenoxy) is 1. The van der Waals surface area contributed by atoms with Crippen molar-refractivity contribution in [2.24, 2.45) is 0 Å². The number of benzene rings is 2. The minimum atomic E-state index is -0.382. The largest absolute Gasteiger partial charge is 0.394 e. The van der Waals surface area contributed by atoms with Crippen LogP contribution in [0.15, 0.2) is 48.5 Å². The van der Waals surface area contributed by atoms with Crippen molar-refractivity contribution >= 4 is 0 Å². The minimum absolute atomic E-state index is 0.0469. The molecule has 0 saturated carbocycles. The Morgan fingerprint density at radius 3 is 1.90 bits per heavy atom. The van der Waals surface area contributed by atoms with E-state index in [9.17, 15) is 0 Å². The fraction of sp³-hybridized carbons (Fsp3) is 0.368. The van der Waals surface area contributed by atoms with Crippen LogP contribution in [0.2, 0.25) is 0 Å². The second kappa shape index (κ2) is 6.88. The monoisotopic (exact) mass is 284 g/mol. The molecule has 112 valence electrons. The molecule has 1 N–H and O–H groups in total. The molecule has 2 nitrogen and oxygen atoms in total. The van der Waals surface area contributed by atoms with Gasteiger partial charge in [0.1, 0.15) is 0 Å². The molecule has 0 unspecified atom stereocenters. The molecule has 0 aliphatic rings. The highest BCUT2D eigenvalue weighted by Crippen LogP contribution is 2.27. The summed E-state index contributed by atoms with van der Waals surface area (Å²) in [6, 6.07) is 17.1. The van der Waals surface area contributed by atoms with Gasteiger partial charge in [0, 0.05) is 0 Å². The average Bonchev–Trinajstić information content (AvgIpc) is 2.53. The van der Waals surface area contributed by atoms with Gasteiger partial charge in [-0.2, -0.15) is 0 Å². The molecule has 2 aromatic carbocycles. The first-order chi connectivity index (χ1) is 10.1. The number of aryl methyl sites for hydroxylation is 1. The molecule has 0 aliphatic carbocycles. The van der Waals surface area contributed by atoms with E-state index in [-0.39, 0.29) is 12.2 Å². The lowest BCUT2D eigenvalue weighted by molar-refractivity contribution is -0.0369. The predicted octanol–water partition coefficient (Wildman–Crippen LogP) is 4.16. The zero-order chi connectivity index (χ0) is 15.3. The highest BCUT2D eigenvalue weighted by atomic mass is 16.5. The molecule has 2 aromatic rings. The molecule has 0 spiro atoms. The molecule has 2 rings (SSSR count). The SMILES string of the molecule is CCc1ccc(-c2ccc(C(C)(C)OCCO)cc2)cc1. The first-order valence-electron chi connectivity index (χ1n) is 7.51. The molecule has 0 radical (unpaired) electrons. The van der Waals surface area contributed by atoms with E-state index in [1.165, 1.54) is 16.7 Å². The smallest absolute Gasteiger partial charge is 0.0876 e. The molecule has 2 heteroatoms. The van der Waals surface area contributed by atoms with Gasteiger partial charge in [-0.3, -0.25) is 0 Å². The van der Waals surface area contributed by atoms with Crippen molar-refractivity contribution < 1.29 is 9.84 Å². The molecule has 21 heavy (non-hydrogen) atoms. The van der Waals surface area contributed by atoms with E-state index in [1.54, 1.807) is 0 Å². The summed E-state index contributed by atoms with van der Waals surface area (Å²) >= 11 is 0. The Bertz CT molecular complexity index is 553. The molecular weight excluding hydrogens is 260 g/mol. The van der Waals surface area contributed by atoms with Gasteiger partial charge in [0.15, 0.2) is 0 Å². The topological polar surface area (TPSA) is 29.5 Å². The van der Waals surface area contributed by atoms with E-state index in [0.29, 0.717) is 6.61 Å². The van der Waals surface area contributed by atoms with Gasteiger partial charge in [0.25, 0.3) is 0 Å². The van der Waals surface area contributed by atoms with Crippen molar-refractivity contribution in [2.75, 3.05) is 13.2 Å². The van der Waals surface area contributed by atoms with Gasteiger partial charge < -0.3 is 9.84 Å². The Morgan fingerprint density at radius 1 is 0.905 bits per heavy atom. The summed E-state index contributed by atoms with van der Waals surface area (Å²) in [6.07, 6.45) is 1.07. The third-order valence-electron chi connectivity index (χ3n) is 3.83. The van der Waals surface area contributed by atoms with E-state index in [0.717, 1.165) is 12.0 Å². The van der Waals surface area contributed by atoms with Gasteiger partial charge in [-0.1, -0.05) is 55.5 Å². The van der Waals surface area contributed by atoms with Crippen molar-refractivity contribution in [1.29, 1.82) is 0 Å². The lowest BCUT2D eigenvalue weighted by Crippen LogP contribution is -2.23. The quantitative estimate of drug-likeness (QED) is 0.863. The van der Waals surface area contributed by atoms with Crippen LogP contribution in [0.25, 0.3) is 11.1 Å². The number of aliphatic hydroxyl groups is 1. The average molecular weight is 284 g/mol. The first kappa shape index (κ1) is 15.7. The van der Waals surface area contributed by atoms with E-state index >= 15 is 0 Å². The molecule has 0 saturated heterocycles. The van der Waals surface area contributed by atoms with E-state index in [4.69, 9.17) is 9.84 Å². The number of hydrogen-bond acceptors (Lipinski definition) is 2. The van der Waals surface area contributed by atoms with Gasteiger partial charge in [0.05, 0.1) is 18.8 Å². The fourth-order valence-electron chi connectivity index (χ4n) is 2.38. The van der Waals surface area contributed by atoms with Crippen molar-refractivity contribution in [2.45, 2.75) is 32.8 Å². The predicted molar refractivity (Wildman–Crippen MR) is 87.3 cm³/mol. The maximum atomic E-state index is 8.89. The Morgan fingerprint density at radius 2 is 1.43 bits per heavy atom. The molecule has 0 aliphatic heterocycles. The van der Waals surface area contributed by atoms with Crippen molar-refractivity contribution in [1.82, 2.24) is 0 Å². The van der Waals surface area contributed by atoms with Gasteiger partial charge in [0.2, 0.25) is 0 Å². The van der Waals surface area contributed by atoms with Crippen LogP contribution in [0, 0.1) is 0 Å². The molecule has 0 amide bonds. The van der Waals surface area contributed by atoms with Gasteiger partial charge in [-0.25, -0.2) is 0 Å². The van der Waals surface area contributed by atoms with Crippen molar-refractivity contribution in [3.8, 4) is 11.1 Å². The molecule has 0 aromatic heterocycles. The van der Waals surface area contributed by atoms with Gasteiger partial charge in [-0.15, -0.1) is 0 Å². The Balaban J connectivity index is 2.17. The molecule has 0 fully saturated rings. The zero-order valence-corrected chi connectivity index (χ0v) is 13.1. The van der Waals surface area contributed by atoms with Crippen LogP contribution in [0.3, 0.4) is 0 Å². The van der Waals surface area contributed by atoms with Crippen LogP contribution in [-0.4, -0.2) is 18.3 Å². The van der Waals surface area contributed by atoms with Crippen LogP contribution >= 0.6 is 0 Å². The number of aliphatic hydroxyl groups excluding tert-OH is 1. The number of rotatable bonds is 6. The van der Waals surface area contributed by atoms with Crippen LogP contribution < -0.4 is 0 Å². The van der Waals surface area contributed by atoms with Crippen LogP contribution in [0.4, 0.5) is 0 Å². The van der Waals surface area contributed by atoms with E-state index in [2.05, 4.69) is 55.5 Å². The molecule has 0 heterocycles. The van der Waals surface area contributed by atoms with Gasteiger partial charge >= 0.3 is 0 Å². The third-order valence-corrected chi connectivity index (χ3v) is 3.83. The molecule has 0 atom stereocenters. The maximum Gasteiger partial charge on any atom is 0.0876 e. The summed E-state index contributed by atoms with van der Waals surface area (Å²) in [5.74, 6) is 0.